The van der Waals surface area contributed by atoms with Gasteiger partial charge in [-0.3, -0.25) is 0 Å². The molecule has 7 nitrogen and oxygen atoms in total. The molecule has 1 heterocycles. The van der Waals surface area contributed by atoms with E-state index in [4.69, 9.17) is 9.47 Å². The van der Waals surface area contributed by atoms with Crippen molar-refractivity contribution in [2.75, 3.05) is 20.1 Å². The van der Waals surface area contributed by atoms with Gasteiger partial charge in [0.05, 0.1) is 18.7 Å². The van der Waals surface area contributed by atoms with Crippen LogP contribution in [0.1, 0.15) is 41.5 Å². The Morgan fingerprint density at radius 2 is 1.55 bits per heavy atom. The molecule has 0 aliphatic carbocycles. The van der Waals surface area contributed by atoms with E-state index in [1.165, 1.54) is 9.80 Å². The number of ether oxygens (including phenoxy) is 2. The van der Waals surface area contributed by atoms with Crippen LogP contribution in [0.5, 0.6) is 0 Å². The van der Waals surface area contributed by atoms with Gasteiger partial charge in [0, 0.05) is 13.6 Å². The SMILES string of the molecule is CN(C(=O)OC(C)(C)C)[C@H]1CN(C(=O)OC(C)(C)C)C[C@@H]1O. The standard InChI is InChI=1S/C15H28N2O5/c1-14(2,3)21-12(19)16(7)10-8-17(9-11(10)18)13(20)22-15(4,5)6/h10-11,18H,8-9H2,1-7H3/t10-,11-/m0/s1. The molecule has 0 radical (unpaired) electrons. The molecule has 1 fully saturated rings. The number of aliphatic hydroxyl groups excluding tert-OH is 1. The molecule has 1 saturated heterocycles. The second-order valence-corrected chi connectivity index (χ2v) is 7.61. The average Bonchev–Trinajstić information content (AvgIpc) is 2.65. The number of hydrogen-bond acceptors (Lipinski definition) is 5. The van der Waals surface area contributed by atoms with Crippen LogP contribution in [0, 0.1) is 0 Å². The second kappa shape index (κ2) is 6.32. The summed E-state index contributed by atoms with van der Waals surface area (Å²) in [6.45, 7) is 11.0. The third-order valence-corrected chi connectivity index (χ3v) is 3.09. The lowest BCUT2D eigenvalue weighted by Gasteiger charge is -2.29. The maximum Gasteiger partial charge on any atom is 0.410 e. The normalized spacial score (nSPS) is 22.5. The van der Waals surface area contributed by atoms with Gasteiger partial charge in [0.25, 0.3) is 0 Å². The van der Waals surface area contributed by atoms with Crippen molar-refractivity contribution in [3.8, 4) is 0 Å². The summed E-state index contributed by atoms with van der Waals surface area (Å²) in [5.74, 6) is 0. The van der Waals surface area contributed by atoms with E-state index in [-0.39, 0.29) is 13.1 Å². The Hall–Kier alpha value is -1.50. The summed E-state index contributed by atoms with van der Waals surface area (Å²) in [6.07, 6.45) is -1.85. The predicted octanol–water partition coefficient (Wildman–Crippen LogP) is 1.83. The van der Waals surface area contributed by atoms with E-state index in [1.54, 1.807) is 48.6 Å². The van der Waals surface area contributed by atoms with Crippen LogP contribution >= 0.6 is 0 Å². The van der Waals surface area contributed by atoms with Gasteiger partial charge < -0.3 is 24.4 Å². The first-order valence-corrected chi connectivity index (χ1v) is 7.42. The molecule has 1 rings (SSSR count). The maximum absolute atomic E-state index is 12.1. The molecule has 0 bridgehead atoms. The molecule has 1 N–H and O–H groups in total. The Bertz CT molecular complexity index is 425. The highest BCUT2D eigenvalue weighted by Gasteiger charge is 2.40. The molecule has 128 valence electrons. The van der Waals surface area contributed by atoms with Gasteiger partial charge in [-0.05, 0) is 41.5 Å². The van der Waals surface area contributed by atoms with Crippen LogP contribution in [0.4, 0.5) is 9.59 Å². The summed E-state index contributed by atoms with van der Waals surface area (Å²) in [6, 6.07) is -0.512. The summed E-state index contributed by atoms with van der Waals surface area (Å²) in [4.78, 5) is 26.8. The van der Waals surface area contributed by atoms with Crippen molar-refractivity contribution in [3.63, 3.8) is 0 Å². The van der Waals surface area contributed by atoms with E-state index in [0.29, 0.717) is 0 Å². The first-order valence-electron chi connectivity index (χ1n) is 7.42. The predicted molar refractivity (Wildman–Crippen MR) is 81.6 cm³/mol. The summed E-state index contributed by atoms with van der Waals surface area (Å²) >= 11 is 0. The Morgan fingerprint density at radius 3 is 2.00 bits per heavy atom. The van der Waals surface area contributed by atoms with E-state index in [0.717, 1.165) is 0 Å². The zero-order valence-electron chi connectivity index (χ0n) is 14.5. The second-order valence-electron chi connectivity index (χ2n) is 7.61. The zero-order valence-corrected chi connectivity index (χ0v) is 14.5. The fourth-order valence-corrected chi connectivity index (χ4v) is 2.09. The molecule has 7 heteroatoms. The highest BCUT2D eigenvalue weighted by Crippen LogP contribution is 2.20. The Morgan fingerprint density at radius 1 is 1.05 bits per heavy atom. The van der Waals surface area contributed by atoms with Crippen LogP contribution in [-0.2, 0) is 9.47 Å². The first-order chi connectivity index (χ1) is 9.80. The lowest BCUT2D eigenvalue weighted by molar-refractivity contribution is 0.0107. The molecule has 1 aliphatic heterocycles. The molecule has 0 aromatic rings. The summed E-state index contributed by atoms with van der Waals surface area (Å²) < 4.78 is 10.6. The summed E-state index contributed by atoms with van der Waals surface area (Å²) in [7, 11) is 1.56. The molecule has 22 heavy (non-hydrogen) atoms. The first kappa shape index (κ1) is 18.5. The molecule has 1 aliphatic rings. The van der Waals surface area contributed by atoms with Gasteiger partial charge >= 0.3 is 12.2 Å². The van der Waals surface area contributed by atoms with Crippen molar-refractivity contribution in [1.82, 2.24) is 9.80 Å². The van der Waals surface area contributed by atoms with Gasteiger partial charge in [-0.25, -0.2) is 9.59 Å². The number of carbonyl (C=O) groups excluding carboxylic acids is 2. The molecule has 0 aromatic carbocycles. The molecule has 0 unspecified atom stereocenters. The number of amides is 2. The third-order valence-electron chi connectivity index (χ3n) is 3.09. The van der Waals surface area contributed by atoms with Gasteiger partial charge in [0.1, 0.15) is 11.2 Å². The Labute approximate surface area is 132 Å². The highest BCUT2D eigenvalue weighted by molar-refractivity contribution is 5.70. The molecular formula is C15H28N2O5. The van der Waals surface area contributed by atoms with Gasteiger partial charge in [-0.15, -0.1) is 0 Å². The number of β-amino-alcohol motifs (C(OH)–C–C–N with tert-alkyl or cyclic N) is 1. The van der Waals surface area contributed by atoms with E-state index >= 15 is 0 Å². The van der Waals surface area contributed by atoms with Crippen LogP contribution in [0.25, 0.3) is 0 Å². The van der Waals surface area contributed by atoms with Gasteiger partial charge in [0.15, 0.2) is 0 Å². The minimum atomic E-state index is -0.829. The monoisotopic (exact) mass is 316 g/mol. The maximum atomic E-state index is 12.1. The van der Waals surface area contributed by atoms with Crippen LogP contribution < -0.4 is 0 Å². The van der Waals surface area contributed by atoms with Gasteiger partial charge in [0.2, 0.25) is 0 Å². The number of likely N-dealkylation sites (N-methyl/N-ethyl adjacent to an activating group) is 1. The fourth-order valence-electron chi connectivity index (χ4n) is 2.09. The van der Waals surface area contributed by atoms with Crippen molar-refractivity contribution in [2.45, 2.75) is 64.9 Å². The van der Waals surface area contributed by atoms with Crippen LogP contribution in [0.2, 0.25) is 0 Å². The lowest BCUT2D eigenvalue weighted by atomic mass is 10.2. The van der Waals surface area contributed by atoms with Gasteiger partial charge in [-0.1, -0.05) is 0 Å². The van der Waals surface area contributed by atoms with Crippen molar-refractivity contribution in [3.05, 3.63) is 0 Å². The van der Waals surface area contributed by atoms with Crippen LogP contribution in [0.3, 0.4) is 0 Å². The van der Waals surface area contributed by atoms with E-state index in [2.05, 4.69) is 0 Å². The van der Waals surface area contributed by atoms with Crippen LogP contribution in [0.15, 0.2) is 0 Å². The van der Waals surface area contributed by atoms with Gasteiger partial charge in [-0.2, -0.15) is 0 Å². The molecule has 2 atom stereocenters. The average molecular weight is 316 g/mol. The fraction of sp³-hybridized carbons (Fsp3) is 0.867. The lowest BCUT2D eigenvalue weighted by Crippen LogP contribution is -2.46. The minimum Gasteiger partial charge on any atom is -0.444 e. The largest absolute Gasteiger partial charge is 0.444 e. The molecular weight excluding hydrogens is 288 g/mol. The molecule has 0 aromatic heterocycles. The molecule has 0 saturated carbocycles. The number of nitrogens with zero attached hydrogens (tertiary/aromatic N) is 2. The van der Waals surface area contributed by atoms with Crippen molar-refractivity contribution in [2.24, 2.45) is 0 Å². The molecule has 0 spiro atoms. The number of likely N-dealkylation sites (tertiary alicyclic amines) is 1. The Balaban J connectivity index is 2.67. The van der Waals surface area contributed by atoms with E-state index in [1.807, 2.05) is 0 Å². The molecule has 2 amide bonds. The van der Waals surface area contributed by atoms with Crippen LogP contribution in [-0.4, -0.2) is 70.6 Å². The Kier molecular flexibility index (Phi) is 5.33. The van der Waals surface area contributed by atoms with Crippen molar-refractivity contribution >= 4 is 12.2 Å². The number of rotatable bonds is 1. The summed E-state index contributed by atoms with van der Waals surface area (Å²) in [5.41, 5.74) is -1.21. The smallest absolute Gasteiger partial charge is 0.410 e. The number of hydrogen-bond donors (Lipinski definition) is 1. The quantitative estimate of drug-likeness (QED) is 0.798. The number of carbonyl (C=O) groups is 2. The highest BCUT2D eigenvalue weighted by atomic mass is 16.6. The number of aliphatic hydroxyl groups is 1. The van der Waals surface area contributed by atoms with E-state index in [9.17, 15) is 14.7 Å². The van der Waals surface area contributed by atoms with Crippen molar-refractivity contribution in [1.29, 1.82) is 0 Å². The topological polar surface area (TPSA) is 79.3 Å². The van der Waals surface area contributed by atoms with Crippen molar-refractivity contribution < 1.29 is 24.2 Å². The zero-order chi connectivity index (χ0) is 17.3. The minimum absolute atomic E-state index is 0.132. The summed E-state index contributed by atoms with van der Waals surface area (Å²) in [5, 5.41) is 10.1. The van der Waals surface area contributed by atoms with E-state index < -0.39 is 35.5 Å². The third kappa shape index (κ3) is 5.36.